The van der Waals surface area contributed by atoms with Crippen molar-refractivity contribution in [3.63, 3.8) is 0 Å². The van der Waals surface area contributed by atoms with E-state index >= 15 is 0 Å². The third-order valence-electron chi connectivity index (χ3n) is 4.64. The lowest BCUT2D eigenvalue weighted by Gasteiger charge is -2.38. The fourth-order valence-electron chi connectivity index (χ4n) is 3.40. The topological polar surface area (TPSA) is 71.5 Å². The summed E-state index contributed by atoms with van der Waals surface area (Å²) in [5, 5.41) is -1.13. The van der Waals surface area contributed by atoms with Gasteiger partial charge in [-0.2, -0.15) is 0 Å². The van der Waals surface area contributed by atoms with Crippen LogP contribution in [0.25, 0.3) is 0 Å². The van der Waals surface area contributed by atoms with Crippen LogP contribution in [0.4, 0.5) is 0 Å². The van der Waals surface area contributed by atoms with Gasteiger partial charge in [-0.05, 0) is 25.5 Å². The average molecular weight is 321 g/mol. The van der Waals surface area contributed by atoms with Crippen molar-refractivity contribution >= 4 is 21.5 Å². The number of aryl methyl sites for hydroxylation is 1. The Morgan fingerprint density at radius 1 is 1.14 bits per heavy atom. The first-order valence-corrected chi connectivity index (χ1v) is 9.01. The average Bonchev–Trinajstić information content (AvgIpc) is 2.81. The van der Waals surface area contributed by atoms with Crippen molar-refractivity contribution in [2.24, 2.45) is 5.92 Å². The second-order valence-corrected chi connectivity index (χ2v) is 8.30. The van der Waals surface area contributed by atoms with E-state index in [0.29, 0.717) is 19.4 Å². The highest BCUT2D eigenvalue weighted by Gasteiger charge is 2.52. The van der Waals surface area contributed by atoms with E-state index in [-0.39, 0.29) is 16.6 Å². The maximum absolute atomic E-state index is 12.9. The van der Waals surface area contributed by atoms with Crippen LogP contribution in [-0.2, 0) is 19.4 Å². The lowest BCUT2D eigenvalue weighted by molar-refractivity contribution is -0.135. The third kappa shape index (κ3) is 2.26. The highest BCUT2D eigenvalue weighted by atomic mass is 32.2. The lowest BCUT2D eigenvalue weighted by atomic mass is 9.93. The van der Waals surface area contributed by atoms with Crippen molar-refractivity contribution in [3.8, 4) is 0 Å². The Bertz CT molecular complexity index is 723. The summed E-state index contributed by atoms with van der Waals surface area (Å²) >= 11 is 0. The number of rotatable bonds is 2. The van der Waals surface area contributed by atoms with Gasteiger partial charge in [-0.3, -0.25) is 9.59 Å². The molecule has 2 saturated heterocycles. The molecule has 0 saturated carbocycles. The number of ketones is 1. The Labute approximate surface area is 130 Å². The largest absolute Gasteiger partial charge is 0.337 e. The van der Waals surface area contributed by atoms with Gasteiger partial charge in [0, 0.05) is 18.9 Å². The predicted octanol–water partition coefficient (Wildman–Crippen LogP) is 1.35. The minimum absolute atomic E-state index is 0.0477. The van der Waals surface area contributed by atoms with Gasteiger partial charge in [0.1, 0.15) is 5.25 Å². The maximum Gasteiger partial charge on any atom is 0.222 e. The van der Waals surface area contributed by atoms with Crippen molar-refractivity contribution in [1.29, 1.82) is 0 Å². The quantitative estimate of drug-likeness (QED) is 0.824. The van der Waals surface area contributed by atoms with Crippen molar-refractivity contribution in [2.75, 3.05) is 6.54 Å². The number of piperidine rings is 1. The molecule has 1 amide bonds. The number of hydrogen-bond donors (Lipinski definition) is 0. The monoisotopic (exact) mass is 321 g/mol. The van der Waals surface area contributed by atoms with Gasteiger partial charge < -0.3 is 4.90 Å². The number of fused-ring (bicyclic) bond motifs is 1. The molecule has 3 atom stereocenters. The molecule has 2 fully saturated rings. The van der Waals surface area contributed by atoms with E-state index in [1.807, 2.05) is 6.92 Å². The first-order chi connectivity index (χ1) is 10.3. The molecule has 2 heterocycles. The van der Waals surface area contributed by atoms with E-state index in [9.17, 15) is 18.0 Å². The molecule has 0 aliphatic carbocycles. The highest BCUT2D eigenvalue weighted by Crippen LogP contribution is 2.35. The molecule has 0 bridgehead atoms. The molecule has 0 N–H and O–H groups in total. The van der Waals surface area contributed by atoms with E-state index in [2.05, 4.69) is 0 Å². The predicted molar refractivity (Wildman–Crippen MR) is 81.1 cm³/mol. The number of carbonyl (C=O) groups excluding carboxylic acids is 2. The maximum atomic E-state index is 12.9. The van der Waals surface area contributed by atoms with Crippen LogP contribution in [0, 0.1) is 12.8 Å². The third-order valence-corrected chi connectivity index (χ3v) is 6.79. The second kappa shape index (κ2) is 5.19. The van der Waals surface area contributed by atoms with Gasteiger partial charge in [0.15, 0.2) is 15.6 Å². The summed E-state index contributed by atoms with van der Waals surface area (Å²) in [6, 6.07) is 6.02. The number of Topliss-reactive ketones (excluding diaryl/α,β-unsaturated/α-hetero) is 1. The van der Waals surface area contributed by atoms with E-state index in [1.54, 1.807) is 36.1 Å². The zero-order valence-corrected chi connectivity index (χ0v) is 13.5. The Hall–Kier alpha value is -1.69. The van der Waals surface area contributed by atoms with Crippen LogP contribution >= 0.6 is 0 Å². The van der Waals surface area contributed by atoms with E-state index < -0.39 is 27.0 Å². The van der Waals surface area contributed by atoms with Gasteiger partial charge in [0.25, 0.3) is 0 Å². The van der Waals surface area contributed by atoms with Crippen LogP contribution in [0.15, 0.2) is 29.2 Å². The number of nitrogens with zero attached hydrogens (tertiary/aromatic N) is 1. The molecule has 3 rings (SSSR count). The SMILES string of the molecule is Cc1ccc(S(=O)(=O)[C@@H]2C(=O)[C@H](C)CN3C(=O)CC[C@@H]23)cc1. The van der Waals surface area contributed by atoms with Crippen LogP contribution < -0.4 is 0 Å². The summed E-state index contributed by atoms with van der Waals surface area (Å²) in [6.07, 6.45) is 0.762. The van der Waals surface area contributed by atoms with Gasteiger partial charge >= 0.3 is 0 Å². The lowest BCUT2D eigenvalue weighted by Crippen LogP contribution is -2.57. The standard InChI is InChI=1S/C16H19NO4S/c1-10-3-5-12(6-4-10)22(20,21)16-13-7-8-14(18)17(13)9-11(2)15(16)19/h3-6,11,13,16H,7-9H2,1-2H3/t11-,13+,16+/m1/s1. The smallest absolute Gasteiger partial charge is 0.222 e. The molecule has 1 aromatic rings. The molecule has 5 nitrogen and oxygen atoms in total. The molecule has 1 aromatic carbocycles. The summed E-state index contributed by atoms with van der Waals surface area (Å²) in [5.41, 5.74) is 0.958. The van der Waals surface area contributed by atoms with Crippen molar-refractivity contribution in [3.05, 3.63) is 29.8 Å². The molecule has 0 spiro atoms. The van der Waals surface area contributed by atoms with E-state index in [4.69, 9.17) is 0 Å². The second-order valence-electron chi connectivity index (χ2n) is 6.23. The number of hydrogen-bond acceptors (Lipinski definition) is 4. The minimum Gasteiger partial charge on any atom is -0.337 e. The minimum atomic E-state index is -3.78. The summed E-state index contributed by atoms with van der Waals surface area (Å²) in [5.74, 6) is -0.756. The molecular weight excluding hydrogens is 302 g/mol. The fraction of sp³-hybridized carbons (Fsp3) is 0.500. The molecule has 2 aliphatic rings. The molecule has 22 heavy (non-hydrogen) atoms. The van der Waals surface area contributed by atoms with Crippen LogP contribution in [0.5, 0.6) is 0 Å². The number of sulfone groups is 1. The first-order valence-electron chi connectivity index (χ1n) is 7.46. The van der Waals surface area contributed by atoms with Gasteiger partial charge in [0.2, 0.25) is 5.91 Å². The van der Waals surface area contributed by atoms with Gasteiger partial charge in [-0.15, -0.1) is 0 Å². The van der Waals surface area contributed by atoms with Crippen molar-refractivity contribution in [2.45, 2.75) is 42.9 Å². The van der Waals surface area contributed by atoms with Gasteiger partial charge in [-0.1, -0.05) is 24.6 Å². The van der Waals surface area contributed by atoms with Crippen LogP contribution in [0.3, 0.4) is 0 Å². The van der Waals surface area contributed by atoms with Gasteiger partial charge in [-0.25, -0.2) is 8.42 Å². The summed E-state index contributed by atoms with van der Waals surface area (Å²) < 4.78 is 25.9. The van der Waals surface area contributed by atoms with E-state index in [0.717, 1.165) is 5.56 Å². The fourth-order valence-corrected chi connectivity index (χ4v) is 5.44. The molecule has 6 heteroatoms. The zero-order valence-electron chi connectivity index (χ0n) is 12.7. The first kappa shape index (κ1) is 15.2. The van der Waals surface area contributed by atoms with Gasteiger partial charge in [0.05, 0.1) is 10.9 Å². The number of benzene rings is 1. The number of carbonyl (C=O) groups is 2. The molecule has 0 radical (unpaired) electrons. The summed E-state index contributed by atoms with van der Waals surface area (Å²) in [4.78, 5) is 26.2. The molecular formula is C16H19NO4S. The summed E-state index contributed by atoms with van der Waals surface area (Å²) in [7, 11) is -3.78. The van der Waals surface area contributed by atoms with Crippen molar-refractivity contribution < 1.29 is 18.0 Å². The Morgan fingerprint density at radius 2 is 1.77 bits per heavy atom. The molecule has 118 valence electrons. The zero-order chi connectivity index (χ0) is 16.1. The molecule has 0 unspecified atom stereocenters. The normalized spacial score (nSPS) is 28.8. The van der Waals surface area contributed by atoms with Crippen LogP contribution in [0.2, 0.25) is 0 Å². The molecule has 2 aliphatic heterocycles. The Morgan fingerprint density at radius 3 is 2.41 bits per heavy atom. The Balaban J connectivity index is 2.05. The van der Waals surface area contributed by atoms with Crippen LogP contribution in [0.1, 0.15) is 25.3 Å². The van der Waals surface area contributed by atoms with E-state index in [1.165, 1.54) is 0 Å². The Kier molecular flexibility index (Phi) is 3.59. The number of amides is 1. The molecule has 0 aromatic heterocycles. The van der Waals surface area contributed by atoms with Crippen LogP contribution in [-0.4, -0.2) is 42.8 Å². The highest BCUT2D eigenvalue weighted by molar-refractivity contribution is 7.93. The summed E-state index contributed by atoms with van der Waals surface area (Å²) in [6.45, 7) is 3.91. The van der Waals surface area contributed by atoms with Crippen molar-refractivity contribution in [1.82, 2.24) is 4.90 Å².